The van der Waals surface area contributed by atoms with Crippen molar-refractivity contribution in [2.24, 2.45) is 0 Å². The molecule has 0 spiro atoms. The Morgan fingerprint density at radius 1 is 1.72 bits per heavy atom. The zero-order valence-corrected chi connectivity index (χ0v) is 10.3. The maximum Gasteiger partial charge on any atom is 0.250 e. The van der Waals surface area contributed by atoms with E-state index in [1.54, 1.807) is 19.4 Å². The van der Waals surface area contributed by atoms with Crippen molar-refractivity contribution in [1.82, 2.24) is 15.6 Å². The van der Waals surface area contributed by atoms with Crippen molar-refractivity contribution in [3.63, 3.8) is 0 Å². The van der Waals surface area contributed by atoms with Crippen LogP contribution in [0, 0.1) is 0 Å². The van der Waals surface area contributed by atoms with E-state index in [1.807, 2.05) is 6.07 Å². The highest BCUT2D eigenvalue weighted by molar-refractivity contribution is 5.81. The summed E-state index contributed by atoms with van der Waals surface area (Å²) >= 11 is 0. The van der Waals surface area contributed by atoms with Crippen molar-refractivity contribution >= 4 is 5.91 Å². The van der Waals surface area contributed by atoms with Gasteiger partial charge in [-0.2, -0.15) is 0 Å². The smallest absolute Gasteiger partial charge is 0.250 e. The summed E-state index contributed by atoms with van der Waals surface area (Å²) in [6, 6.07) is 3.63. The highest BCUT2D eigenvalue weighted by Gasteiger charge is 2.21. The van der Waals surface area contributed by atoms with Gasteiger partial charge in [0.1, 0.15) is 6.10 Å². The van der Waals surface area contributed by atoms with Crippen LogP contribution in [0.2, 0.25) is 0 Å². The van der Waals surface area contributed by atoms with Crippen LogP contribution in [-0.4, -0.2) is 43.8 Å². The molecule has 0 bridgehead atoms. The van der Waals surface area contributed by atoms with E-state index in [1.165, 1.54) is 0 Å². The number of nitrogens with one attached hydrogen (secondary N) is 2. The Morgan fingerprint density at radius 2 is 2.61 bits per heavy atom. The molecule has 2 rings (SSSR count). The third kappa shape index (κ3) is 3.41. The lowest BCUT2D eigenvalue weighted by atomic mass is 10.2. The molecule has 1 aliphatic rings. The molecule has 18 heavy (non-hydrogen) atoms. The van der Waals surface area contributed by atoms with Gasteiger partial charge in [0.05, 0.1) is 13.7 Å². The zero-order chi connectivity index (χ0) is 12.8. The number of nitrogens with zero attached hydrogens (tertiary/aromatic N) is 1. The molecule has 0 aromatic carbocycles. The fourth-order valence-electron chi connectivity index (χ4n) is 1.71. The first-order chi connectivity index (χ1) is 8.79. The van der Waals surface area contributed by atoms with Crippen LogP contribution in [0.15, 0.2) is 18.3 Å². The van der Waals surface area contributed by atoms with E-state index in [0.717, 1.165) is 12.1 Å². The molecule has 6 heteroatoms. The predicted molar refractivity (Wildman–Crippen MR) is 65.2 cm³/mol. The Morgan fingerprint density at radius 3 is 3.33 bits per heavy atom. The van der Waals surface area contributed by atoms with Crippen LogP contribution in [0.4, 0.5) is 0 Å². The van der Waals surface area contributed by atoms with Gasteiger partial charge in [-0.05, 0) is 11.6 Å². The van der Waals surface area contributed by atoms with Crippen molar-refractivity contribution in [1.29, 1.82) is 0 Å². The first-order valence-corrected chi connectivity index (χ1v) is 5.88. The van der Waals surface area contributed by atoms with Crippen molar-refractivity contribution in [3.8, 4) is 5.88 Å². The van der Waals surface area contributed by atoms with Gasteiger partial charge < -0.3 is 20.1 Å². The number of aromatic nitrogens is 1. The van der Waals surface area contributed by atoms with E-state index in [-0.39, 0.29) is 5.91 Å². The van der Waals surface area contributed by atoms with Crippen LogP contribution in [-0.2, 0) is 16.1 Å². The summed E-state index contributed by atoms with van der Waals surface area (Å²) in [4.78, 5) is 15.8. The van der Waals surface area contributed by atoms with E-state index >= 15 is 0 Å². The monoisotopic (exact) mass is 251 g/mol. The Bertz CT molecular complexity index is 405. The number of carbonyl (C=O) groups is 1. The summed E-state index contributed by atoms with van der Waals surface area (Å²) in [6.07, 6.45) is 1.25. The molecule has 1 aromatic rings. The topological polar surface area (TPSA) is 72.5 Å². The Kier molecular flexibility index (Phi) is 4.49. The average Bonchev–Trinajstić information content (AvgIpc) is 2.46. The van der Waals surface area contributed by atoms with Gasteiger partial charge in [0.2, 0.25) is 5.88 Å². The van der Waals surface area contributed by atoms with Crippen LogP contribution >= 0.6 is 0 Å². The summed E-state index contributed by atoms with van der Waals surface area (Å²) in [6.45, 7) is 2.37. The quantitative estimate of drug-likeness (QED) is 0.768. The second-order valence-electron chi connectivity index (χ2n) is 3.99. The number of amides is 1. The predicted octanol–water partition coefficient (Wildman–Crippen LogP) is -0.305. The van der Waals surface area contributed by atoms with Crippen LogP contribution in [0.5, 0.6) is 5.88 Å². The lowest BCUT2D eigenvalue weighted by Gasteiger charge is -2.22. The molecule has 1 saturated heterocycles. The molecule has 0 radical (unpaired) electrons. The minimum absolute atomic E-state index is 0.0991. The molecule has 2 N–H and O–H groups in total. The number of hydrogen-bond acceptors (Lipinski definition) is 5. The van der Waals surface area contributed by atoms with Gasteiger partial charge in [-0.25, -0.2) is 4.98 Å². The van der Waals surface area contributed by atoms with Crippen LogP contribution in [0.3, 0.4) is 0 Å². The summed E-state index contributed by atoms with van der Waals surface area (Å²) in [7, 11) is 1.56. The third-order valence-electron chi connectivity index (χ3n) is 2.70. The fourth-order valence-corrected chi connectivity index (χ4v) is 1.71. The van der Waals surface area contributed by atoms with Crippen LogP contribution in [0.25, 0.3) is 0 Å². The molecule has 1 amide bonds. The van der Waals surface area contributed by atoms with E-state index < -0.39 is 6.10 Å². The van der Waals surface area contributed by atoms with Crippen LogP contribution in [0.1, 0.15) is 5.56 Å². The number of hydrogen-bond donors (Lipinski definition) is 2. The third-order valence-corrected chi connectivity index (χ3v) is 2.70. The normalized spacial score (nSPS) is 19.3. The van der Waals surface area contributed by atoms with E-state index in [9.17, 15) is 4.79 Å². The molecule has 2 heterocycles. The lowest BCUT2D eigenvalue weighted by Crippen LogP contribution is -2.47. The van der Waals surface area contributed by atoms with Gasteiger partial charge in [0, 0.05) is 31.9 Å². The molecule has 6 nitrogen and oxygen atoms in total. The van der Waals surface area contributed by atoms with Gasteiger partial charge in [-0.1, -0.05) is 0 Å². The number of morpholine rings is 1. The number of ether oxygens (including phenoxy) is 2. The number of pyridine rings is 1. The van der Waals surface area contributed by atoms with Crippen molar-refractivity contribution in [2.45, 2.75) is 12.6 Å². The van der Waals surface area contributed by atoms with Crippen LogP contribution < -0.4 is 15.4 Å². The highest BCUT2D eigenvalue weighted by Crippen LogP contribution is 2.08. The molecule has 1 atom stereocenters. The lowest BCUT2D eigenvalue weighted by molar-refractivity contribution is -0.134. The molecule has 1 fully saturated rings. The molecule has 1 aromatic heterocycles. The molecule has 1 aliphatic heterocycles. The minimum atomic E-state index is -0.400. The van der Waals surface area contributed by atoms with Gasteiger partial charge >= 0.3 is 0 Å². The second-order valence-corrected chi connectivity index (χ2v) is 3.99. The van der Waals surface area contributed by atoms with E-state index in [2.05, 4.69) is 15.6 Å². The highest BCUT2D eigenvalue weighted by atomic mass is 16.5. The summed E-state index contributed by atoms with van der Waals surface area (Å²) in [5.41, 5.74) is 0.943. The summed E-state index contributed by atoms with van der Waals surface area (Å²) in [5.74, 6) is 0.440. The van der Waals surface area contributed by atoms with Crippen molar-refractivity contribution in [3.05, 3.63) is 23.9 Å². The van der Waals surface area contributed by atoms with Crippen molar-refractivity contribution < 1.29 is 14.3 Å². The Labute approximate surface area is 106 Å². The van der Waals surface area contributed by atoms with Gasteiger partial charge in [0.15, 0.2) is 0 Å². The van der Waals surface area contributed by atoms with E-state index in [0.29, 0.717) is 25.6 Å². The minimum Gasteiger partial charge on any atom is -0.481 e. The number of methoxy groups -OCH3 is 1. The molecule has 0 aliphatic carbocycles. The SMILES string of the molecule is COc1cc(CNC(=O)C2CNCCO2)ccn1. The average molecular weight is 251 g/mol. The zero-order valence-electron chi connectivity index (χ0n) is 10.3. The van der Waals surface area contributed by atoms with Crippen molar-refractivity contribution in [2.75, 3.05) is 26.8 Å². The number of carbonyl (C=O) groups excluding carboxylic acids is 1. The number of rotatable bonds is 4. The largest absolute Gasteiger partial charge is 0.481 e. The summed E-state index contributed by atoms with van der Waals surface area (Å²) in [5, 5.41) is 5.95. The molecule has 98 valence electrons. The Balaban J connectivity index is 1.84. The molecular weight excluding hydrogens is 234 g/mol. The van der Waals surface area contributed by atoms with E-state index in [4.69, 9.17) is 9.47 Å². The maximum atomic E-state index is 11.8. The van der Waals surface area contributed by atoms with Gasteiger partial charge in [-0.15, -0.1) is 0 Å². The summed E-state index contributed by atoms with van der Waals surface area (Å²) < 4.78 is 10.4. The van der Waals surface area contributed by atoms with Gasteiger partial charge in [-0.3, -0.25) is 4.79 Å². The molecular formula is C12H17N3O3. The molecule has 0 saturated carbocycles. The fraction of sp³-hybridized carbons (Fsp3) is 0.500. The second kappa shape index (κ2) is 6.32. The first kappa shape index (κ1) is 12.8. The Hall–Kier alpha value is -1.66. The van der Waals surface area contributed by atoms with Gasteiger partial charge in [0.25, 0.3) is 5.91 Å². The molecule has 1 unspecified atom stereocenters. The first-order valence-electron chi connectivity index (χ1n) is 5.88. The maximum absolute atomic E-state index is 11.8. The standard InChI is InChI=1S/C12H17N3O3/c1-17-11-6-9(2-3-14-11)7-15-12(16)10-8-13-4-5-18-10/h2-3,6,10,13H,4-5,7-8H2,1H3,(H,15,16).